The van der Waals surface area contributed by atoms with Crippen LogP contribution in [0.1, 0.15) is 18.5 Å². The molecular weight excluding hydrogens is 360 g/mol. The van der Waals surface area contributed by atoms with Gasteiger partial charge in [0, 0.05) is 25.4 Å². The van der Waals surface area contributed by atoms with Crippen LogP contribution in [0.2, 0.25) is 0 Å². The smallest absolute Gasteiger partial charge is 0.316 e. The largest absolute Gasteiger partial charge is 0.467 e. The maximum Gasteiger partial charge on any atom is 0.316 e. The Morgan fingerprint density at radius 2 is 2.07 bits per heavy atom. The van der Waals surface area contributed by atoms with Crippen LogP contribution in [0.25, 0.3) is 5.82 Å². The molecule has 3 aromatic rings. The molecule has 0 aromatic carbocycles. The third kappa shape index (κ3) is 4.22. The van der Waals surface area contributed by atoms with E-state index in [0.29, 0.717) is 24.3 Å². The first-order chi connectivity index (χ1) is 13.7. The first-order valence-electron chi connectivity index (χ1n) is 9.23. The summed E-state index contributed by atoms with van der Waals surface area (Å²) < 4.78 is 8.17. The molecule has 28 heavy (non-hydrogen) atoms. The Morgan fingerprint density at radius 1 is 1.21 bits per heavy atom. The first-order valence-corrected chi connectivity index (χ1v) is 9.23. The van der Waals surface area contributed by atoms with Crippen LogP contribution in [0.3, 0.4) is 0 Å². The van der Waals surface area contributed by atoms with E-state index in [1.165, 1.54) is 17.1 Å². The molecule has 4 heterocycles. The minimum atomic E-state index is -0.0978. The third-order valence-corrected chi connectivity index (χ3v) is 4.90. The molecule has 0 unspecified atom stereocenters. The van der Waals surface area contributed by atoms with Crippen LogP contribution < -0.4 is 10.3 Å². The van der Waals surface area contributed by atoms with Gasteiger partial charge in [0.2, 0.25) is 0 Å². The topological polar surface area (TPSA) is 104 Å². The highest BCUT2D eigenvalue weighted by molar-refractivity contribution is 5.16. The van der Waals surface area contributed by atoms with Crippen molar-refractivity contribution in [1.82, 2.24) is 39.4 Å². The van der Waals surface area contributed by atoms with Crippen LogP contribution in [0, 0.1) is 5.92 Å². The van der Waals surface area contributed by atoms with Gasteiger partial charge in [-0.2, -0.15) is 10.1 Å². The van der Waals surface area contributed by atoms with Gasteiger partial charge in [-0.3, -0.25) is 9.69 Å². The van der Waals surface area contributed by atoms with Crippen LogP contribution in [0.4, 0.5) is 0 Å². The maximum absolute atomic E-state index is 12.2. The highest BCUT2D eigenvalue weighted by Gasteiger charge is 2.21. The molecular formula is C18H22N8O2. The van der Waals surface area contributed by atoms with Gasteiger partial charge in [0.05, 0.1) is 12.8 Å². The van der Waals surface area contributed by atoms with Crippen LogP contribution in [0.5, 0.6) is 6.01 Å². The second kappa shape index (κ2) is 8.26. The lowest BCUT2D eigenvalue weighted by atomic mass is 9.96. The van der Waals surface area contributed by atoms with Gasteiger partial charge in [-0.15, -0.1) is 5.10 Å². The first kappa shape index (κ1) is 18.2. The van der Waals surface area contributed by atoms with E-state index in [9.17, 15) is 4.79 Å². The van der Waals surface area contributed by atoms with Crippen molar-refractivity contribution >= 4 is 0 Å². The van der Waals surface area contributed by atoms with Crippen molar-refractivity contribution in [2.45, 2.75) is 25.9 Å². The fraction of sp³-hybridized carbons (Fsp3) is 0.444. The Morgan fingerprint density at radius 3 is 2.82 bits per heavy atom. The molecule has 0 saturated carbocycles. The molecule has 10 nitrogen and oxygen atoms in total. The predicted molar refractivity (Wildman–Crippen MR) is 100.0 cm³/mol. The monoisotopic (exact) mass is 382 g/mol. The van der Waals surface area contributed by atoms with Crippen molar-refractivity contribution in [2.24, 2.45) is 5.92 Å². The van der Waals surface area contributed by atoms with Crippen LogP contribution in [-0.4, -0.2) is 59.6 Å². The fourth-order valence-electron chi connectivity index (χ4n) is 3.38. The summed E-state index contributed by atoms with van der Waals surface area (Å²) in [6, 6.07) is 5.49. The third-order valence-electron chi connectivity index (χ3n) is 4.90. The summed E-state index contributed by atoms with van der Waals surface area (Å²) in [5.41, 5.74) is 0.850. The quantitative estimate of drug-likeness (QED) is 0.608. The minimum Gasteiger partial charge on any atom is -0.467 e. The number of methoxy groups -OCH3 is 1. The number of hydrogen-bond acceptors (Lipinski definition) is 8. The summed E-state index contributed by atoms with van der Waals surface area (Å²) in [5, 5.41) is 8.50. The Bertz CT molecular complexity index is 964. The molecule has 1 aliphatic rings. The van der Waals surface area contributed by atoms with Crippen molar-refractivity contribution in [2.75, 3.05) is 20.2 Å². The molecule has 0 N–H and O–H groups in total. The number of rotatable bonds is 6. The second-order valence-corrected chi connectivity index (χ2v) is 6.81. The molecule has 3 aromatic heterocycles. The van der Waals surface area contributed by atoms with Crippen LogP contribution in [0.15, 0.2) is 41.8 Å². The number of piperidine rings is 1. The van der Waals surface area contributed by atoms with Crippen molar-refractivity contribution in [3.8, 4) is 11.8 Å². The van der Waals surface area contributed by atoms with Crippen molar-refractivity contribution < 1.29 is 4.74 Å². The fourth-order valence-corrected chi connectivity index (χ4v) is 3.38. The molecule has 146 valence electrons. The van der Waals surface area contributed by atoms with E-state index in [2.05, 4.69) is 30.0 Å². The number of aromatic nitrogens is 7. The van der Waals surface area contributed by atoms with E-state index >= 15 is 0 Å². The molecule has 0 spiro atoms. The number of hydrogen-bond donors (Lipinski definition) is 0. The van der Waals surface area contributed by atoms with Crippen molar-refractivity contribution in [1.29, 1.82) is 0 Å². The maximum atomic E-state index is 12.2. The molecule has 4 rings (SSSR count). The Labute approximate surface area is 161 Å². The highest BCUT2D eigenvalue weighted by Crippen LogP contribution is 2.20. The Kier molecular flexibility index (Phi) is 5.38. The molecule has 0 atom stereocenters. The summed E-state index contributed by atoms with van der Waals surface area (Å²) in [4.78, 5) is 26.9. The molecule has 1 saturated heterocycles. The zero-order chi connectivity index (χ0) is 19.3. The van der Waals surface area contributed by atoms with E-state index in [0.717, 1.165) is 38.2 Å². The lowest BCUT2D eigenvalue weighted by molar-refractivity contribution is 0.161. The van der Waals surface area contributed by atoms with Gasteiger partial charge >= 0.3 is 6.01 Å². The van der Waals surface area contributed by atoms with E-state index in [1.807, 2.05) is 6.07 Å². The van der Waals surface area contributed by atoms with Gasteiger partial charge < -0.3 is 4.74 Å². The Balaban J connectivity index is 1.35. The SMILES string of the molecule is COc1nccc(CN2CCC(Cn3nc(-n4cncn4)ccc3=O)CC2)n1. The molecule has 0 bridgehead atoms. The van der Waals surface area contributed by atoms with Gasteiger partial charge in [-0.05, 0) is 44.0 Å². The predicted octanol–water partition coefficient (Wildman–Crippen LogP) is 0.535. The number of ether oxygens (including phenoxy) is 1. The summed E-state index contributed by atoms with van der Waals surface area (Å²) in [6.07, 6.45) is 6.74. The molecule has 10 heteroatoms. The zero-order valence-corrected chi connectivity index (χ0v) is 15.7. The van der Waals surface area contributed by atoms with E-state index < -0.39 is 0 Å². The van der Waals surface area contributed by atoms with E-state index in [4.69, 9.17) is 4.74 Å². The molecule has 0 radical (unpaired) electrons. The number of likely N-dealkylation sites (tertiary alicyclic amines) is 1. The van der Waals surface area contributed by atoms with Gasteiger partial charge in [0.1, 0.15) is 12.7 Å². The van der Waals surface area contributed by atoms with Crippen LogP contribution in [-0.2, 0) is 13.1 Å². The molecule has 0 aliphatic carbocycles. The van der Waals surface area contributed by atoms with Crippen molar-refractivity contribution in [3.63, 3.8) is 0 Å². The normalized spacial score (nSPS) is 15.6. The highest BCUT2D eigenvalue weighted by atomic mass is 16.5. The molecule has 1 fully saturated rings. The van der Waals surface area contributed by atoms with Crippen molar-refractivity contribution in [3.05, 3.63) is 53.1 Å². The van der Waals surface area contributed by atoms with Gasteiger partial charge in [-0.25, -0.2) is 19.3 Å². The molecule has 1 aliphatic heterocycles. The average molecular weight is 382 g/mol. The standard InChI is InChI=1S/C18H22N8O2/c1-28-18-20-7-4-15(22-18)11-24-8-5-14(6-9-24)10-25-17(27)3-2-16(23-25)26-13-19-12-21-26/h2-4,7,12-14H,5-6,8-11H2,1H3. The molecule has 0 amide bonds. The lowest BCUT2D eigenvalue weighted by Gasteiger charge is -2.31. The Hall–Kier alpha value is -3.14. The van der Waals surface area contributed by atoms with E-state index in [1.54, 1.807) is 30.4 Å². The minimum absolute atomic E-state index is 0.0978. The average Bonchev–Trinajstić information content (AvgIpc) is 3.26. The number of nitrogens with zero attached hydrogens (tertiary/aromatic N) is 8. The summed E-state index contributed by atoms with van der Waals surface area (Å²) >= 11 is 0. The summed E-state index contributed by atoms with van der Waals surface area (Å²) in [6.45, 7) is 3.28. The lowest BCUT2D eigenvalue weighted by Crippen LogP contribution is -2.36. The van der Waals surface area contributed by atoms with Gasteiger partial charge in [0.25, 0.3) is 5.56 Å². The van der Waals surface area contributed by atoms with Crippen LogP contribution >= 0.6 is 0 Å². The second-order valence-electron chi connectivity index (χ2n) is 6.81. The van der Waals surface area contributed by atoms with Gasteiger partial charge in [0.15, 0.2) is 5.82 Å². The summed E-state index contributed by atoms with van der Waals surface area (Å²) in [5.74, 6) is 1.000. The van der Waals surface area contributed by atoms with E-state index in [-0.39, 0.29) is 5.56 Å². The summed E-state index contributed by atoms with van der Waals surface area (Å²) in [7, 11) is 1.57. The van der Waals surface area contributed by atoms with Gasteiger partial charge in [-0.1, -0.05) is 0 Å². The zero-order valence-electron chi connectivity index (χ0n) is 15.7.